The van der Waals surface area contributed by atoms with Gasteiger partial charge in [0.15, 0.2) is 0 Å². The first-order valence-corrected chi connectivity index (χ1v) is 5.22. The zero-order valence-electron chi connectivity index (χ0n) is 7.68. The Labute approximate surface area is 74.4 Å². The summed E-state index contributed by atoms with van der Waals surface area (Å²) in [5, 5.41) is 13.2. The second-order valence-corrected chi connectivity index (χ2v) is 4.48. The zero-order valence-corrected chi connectivity index (χ0v) is 7.68. The molecule has 1 saturated heterocycles. The summed E-state index contributed by atoms with van der Waals surface area (Å²) in [6.45, 7) is 2.33. The van der Waals surface area contributed by atoms with Gasteiger partial charge in [-0.3, -0.25) is 0 Å². The molecule has 1 heterocycles. The number of hydrogen-bond acceptors (Lipinski definition) is 2. The Morgan fingerprint density at radius 2 is 2.08 bits per heavy atom. The number of rotatable bonds is 2. The van der Waals surface area contributed by atoms with Crippen LogP contribution in [0.3, 0.4) is 0 Å². The Morgan fingerprint density at radius 3 is 2.83 bits per heavy atom. The van der Waals surface area contributed by atoms with Crippen molar-refractivity contribution in [2.24, 2.45) is 5.92 Å². The van der Waals surface area contributed by atoms with Gasteiger partial charge in [-0.25, -0.2) is 0 Å². The van der Waals surface area contributed by atoms with Crippen LogP contribution in [0.4, 0.5) is 0 Å². The van der Waals surface area contributed by atoms with Gasteiger partial charge in [-0.1, -0.05) is 0 Å². The van der Waals surface area contributed by atoms with Crippen molar-refractivity contribution in [2.75, 3.05) is 13.1 Å². The average Bonchev–Trinajstić information content (AvgIpc) is 2.78. The minimum Gasteiger partial charge on any atom is -0.390 e. The molecule has 12 heavy (non-hydrogen) atoms. The molecule has 2 fully saturated rings. The maximum absolute atomic E-state index is 9.75. The van der Waals surface area contributed by atoms with Crippen LogP contribution >= 0.6 is 0 Å². The third-order valence-corrected chi connectivity index (χ3v) is 3.19. The van der Waals surface area contributed by atoms with E-state index < -0.39 is 0 Å². The smallest absolute Gasteiger partial charge is 0.0652 e. The van der Waals surface area contributed by atoms with Crippen LogP contribution in [0.1, 0.15) is 38.5 Å². The molecule has 0 amide bonds. The van der Waals surface area contributed by atoms with Crippen LogP contribution in [0, 0.1) is 5.92 Å². The van der Waals surface area contributed by atoms with Crippen molar-refractivity contribution in [2.45, 2.75) is 44.1 Å². The minimum absolute atomic E-state index is 0.227. The number of nitrogens with one attached hydrogen (secondary N) is 1. The summed E-state index contributed by atoms with van der Waals surface area (Å²) >= 11 is 0. The molecular formula is C10H19NO. The van der Waals surface area contributed by atoms with Crippen molar-refractivity contribution in [3.8, 4) is 0 Å². The van der Waals surface area contributed by atoms with Crippen LogP contribution in [0.5, 0.6) is 0 Å². The second kappa shape index (κ2) is 3.35. The normalized spacial score (nSPS) is 34.2. The van der Waals surface area contributed by atoms with E-state index in [2.05, 4.69) is 5.32 Å². The van der Waals surface area contributed by atoms with Gasteiger partial charge in [-0.2, -0.15) is 0 Å². The van der Waals surface area contributed by atoms with Crippen molar-refractivity contribution in [1.29, 1.82) is 0 Å². The van der Waals surface area contributed by atoms with Crippen molar-refractivity contribution in [3.05, 3.63) is 0 Å². The molecule has 2 heteroatoms. The standard InChI is InChI=1S/C10H19NO/c12-10(4-5-10)8-9-2-1-6-11-7-3-9/h9,11-12H,1-8H2. The average molecular weight is 169 g/mol. The Balaban J connectivity index is 1.77. The lowest BCUT2D eigenvalue weighted by atomic mass is 9.93. The molecule has 1 atom stereocenters. The molecule has 2 aliphatic rings. The van der Waals surface area contributed by atoms with Crippen LogP contribution in [0.15, 0.2) is 0 Å². The van der Waals surface area contributed by atoms with Crippen molar-refractivity contribution in [1.82, 2.24) is 5.32 Å². The van der Waals surface area contributed by atoms with Crippen LogP contribution in [0.25, 0.3) is 0 Å². The van der Waals surface area contributed by atoms with E-state index in [1.165, 1.54) is 25.8 Å². The first-order chi connectivity index (χ1) is 5.79. The monoisotopic (exact) mass is 169 g/mol. The molecule has 0 spiro atoms. The fourth-order valence-electron chi connectivity index (χ4n) is 2.18. The van der Waals surface area contributed by atoms with Crippen LogP contribution < -0.4 is 5.32 Å². The summed E-state index contributed by atoms with van der Waals surface area (Å²) in [5.74, 6) is 0.785. The lowest BCUT2D eigenvalue weighted by molar-refractivity contribution is 0.114. The summed E-state index contributed by atoms with van der Waals surface area (Å²) < 4.78 is 0. The van der Waals surface area contributed by atoms with Gasteiger partial charge in [-0.05, 0) is 57.5 Å². The SMILES string of the molecule is OC1(CC2CCCNCC2)CC1. The second-order valence-electron chi connectivity index (χ2n) is 4.48. The minimum atomic E-state index is -0.227. The van der Waals surface area contributed by atoms with Crippen LogP contribution in [-0.4, -0.2) is 23.8 Å². The molecule has 1 aliphatic heterocycles. The van der Waals surface area contributed by atoms with E-state index in [0.29, 0.717) is 0 Å². The van der Waals surface area contributed by atoms with Gasteiger partial charge in [0.25, 0.3) is 0 Å². The lowest BCUT2D eigenvalue weighted by Crippen LogP contribution is -2.17. The summed E-state index contributed by atoms with van der Waals surface area (Å²) in [7, 11) is 0. The fourth-order valence-corrected chi connectivity index (χ4v) is 2.18. The van der Waals surface area contributed by atoms with Crippen LogP contribution in [-0.2, 0) is 0 Å². The Kier molecular flexibility index (Phi) is 2.37. The van der Waals surface area contributed by atoms with Gasteiger partial charge in [0, 0.05) is 0 Å². The quantitative estimate of drug-likeness (QED) is 0.653. The molecule has 1 saturated carbocycles. The van der Waals surface area contributed by atoms with Crippen molar-refractivity contribution in [3.63, 3.8) is 0 Å². The van der Waals surface area contributed by atoms with Gasteiger partial charge in [0.2, 0.25) is 0 Å². The topological polar surface area (TPSA) is 32.3 Å². The van der Waals surface area contributed by atoms with E-state index in [4.69, 9.17) is 0 Å². The molecule has 70 valence electrons. The summed E-state index contributed by atoms with van der Waals surface area (Å²) in [5.41, 5.74) is -0.227. The summed E-state index contributed by atoms with van der Waals surface area (Å²) in [6, 6.07) is 0. The van der Waals surface area contributed by atoms with Gasteiger partial charge in [0.1, 0.15) is 0 Å². The van der Waals surface area contributed by atoms with Gasteiger partial charge in [-0.15, -0.1) is 0 Å². The van der Waals surface area contributed by atoms with E-state index in [9.17, 15) is 5.11 Å². The highest BCUT2D eigenvalue weighted by atomic mass is 16.3. The van der Waals surface area contributed by atoms with E-state index >= 15 is 0 Å². The van der Waals surface area contributed by atoms with E-state index in [0.717, 1.165) is 31.7 Å². The highest BCUT2D eigenvalue weighted by Gasteiger charge is 2.41. The number of aliphatic hydroxyl groups is 1. The molecule has 1 aliphatic carbocycles. The van der Waals surface area contributed by atoms with Gasteiger partial charge in [0.05, 0.1) is 5.60 Å². The van der Waals surface area contributed by atoms with E-state index in [1.807, 2.05) is 0 Å². The molecule has 0 aromatic rings. The first kappa shape index (κ1) is 8.52. The van der Waals surface area contributed by atoms with Crippen LogP contribution in [0.2, 0.25) is 0 Å². The zero-order chi connectivity index (χ0) is 8.44. The summed E-state index contributed by atoms with van der Waals surface area (Å²) in [4.78, 5) is 0. The van der Waals surface area contributed by atoms with E-state index in [-0.39, 0.29) is 5.60 Å². The molecule has 0 radical (unpaired) electrons. The van der Waals surface area contributed by atoms with Crippen molar-refractivity contribution >= 4 is 0 Å². The Morgan fingerprint density at radius 1 is 1.25 bits per heavy atom. The van der Waals surface area contributed by atoms with Gasteiger partial charge >= 0.3 is 0 Å². The lowest BCUT2D eigenvalue weighted by Gasteiger charge is -2.16. The number of hydrogen-bond donors (Lipinski definition) is 2. The fraction of sp³-hybridized carbons (Fsp3) is 1.00. The molecule has 0 aromatic heterocycles. The maximum Gasteiger partial charge on any atom is 0.0652 e. The predicted octanol–water partition coefficient (Wildman–Crippen LogP) is 1.29. The van der Waals surface area contributed by atoms with Crippen molar-refractivity contribution < 1.29 is 5.11 Å². The Bertz CT molecular complexity index is 146. The first-order valence-electron chi connectivity index (χ1n) is 5.22. The predicted molar refractivity (Wildman–Crippen MR) is 49.0 cm³/mol. The molecule has 2 nitrogen and oxygen atoms in total. The maximum atomic E-state index is 9.75. The summed E-state index contributed by atoms with van der Waals surface area (Å²) in [6.07, 6.45) is 7.04. The molecular weight excluding hydrogens is 150 g/mol. The van der Waals surface area contributed by atoms with Gasteiger partial charge < -0.3 is 10.4 Å². The molecule has 0 aromatic carbocycles. The molecule has 1 unspecified atom stereocenters. The highest BCUT2D eigenvalue weighted by molar-refractivity contribution is 4.95. The molecule has 0 bridgehead atoms. The third-order valence-electron chi connectivity index (χ3n) is 3.19. The molecule has 2 rings (SSSR count). The third kappa shape index (κ3) is 2.20. The van der Waals surface area contributed by atoms with E-state index in [1.54, 1.807) is 0 Å². The molecule has 2 N–H and O–H groups in total. The Hall–Kier alpha value is -0.0800. The largest absolute Gasteiger partial charge is 0.390 e. The highest BCUT2D eigenvalue weighted by Crippen LogP contribution is 2.42.